The maximum atomic E-state index is 14.2. The van der Waals surface area contributed by atoms with Gasteiger partial charge in [0.15, 0.2) is 0 Å². The summed E-state index contributed by atoms with van der Waals surface area (Å²) < 4.78 is 69.5. The number of benzene rings is 2. The molecule has 2 aromatic carbocycles. The Morgan fingerprint density at radius 1 is 0.854 bits per heavy atom. The molecule has 1 aliphatic rings. The molecule has 1 amide bonds. The fraction of sp³-hybridized carbons (Fsp3) is 0.419. The first kappa shape index (κ1) is 30.4. The van der Waals surface area contributed by atoms with Gasteiger partial charge in [0.1, 0.15) is 5.82 Å². The highest BCUT2D eigenvalue weighted by molar-refractivity contribution is 6.03. The molecule has 220 valence electrons. The van der Waals surface area contributed by atoms with Crippen LogP contribution in [-0.4, -0.2) is 56.1 Å². The summed E-state index contributed by atoms with van der Waals surface area (Å²) in [5, 5.41) is 0. The van der Waals surface area contributed by atoms with Crippen LogP contribution in [-0.2, 0) is 22.3 Å². The van der Waals surface area contributed by atoms with Gasteiger partial charge in [-0.15, -0.1) is 0 Å². The van der Waals surface area contributed by atoms with Gasteiger partial charge in [0, 0.05) is 51.3 Å². The lowest BCUT2D eigenvalue weighted by Gasteiger charge is -2.35. The number of anilines is 2. The molecule has 3 aromatic rings. The number of pyridine rings is 1. The molecule has 10 heteroatoms. The van der Waals surface area contributed by atoms with Crippen molar-refractivity contribution in [2.75, 3.05) is 50.1 Å². The summed E-state index contributed by atoms with van der Waals surface area (Å²) in [6.45, 7) is 8.72. The van der Waals surface area contributed by atoms with Crippen molar-refractivity contribution in [3.05, 3.63) is 77.0 Å². The van der Waals surface area contributed by atoms with Gasteiger partial charge in [-0.05, 0) is 68.8 Å². The van der Waals surface area contributed by atoms with E-state index in [4.69, 9.17) is 0 Å². The summed E-state index contributed by atoms with van der Waals surface area (Å²) in [6, 6.07) is 11.8. The molecular weight excluding hydrogens is 539 g/mol. The van der Waals surface area contributed by atoms with E-state index in [-0.39, 0.29) is 5.56 Å². The zero-order valence-electron chi connectivity index (χ0n) is 24.1. The number of rotatable bonds is 6. The minimum atomic E-state index is -4.86. The summed E-state index contributed by atoms with van der Waals surface area (Å²) in [4.78, 5) is 24.4. The highest BCUT2D eigenvalue weighted by Gasteiger charge is 2.40. The van der Waals surface area contributed by atoms with Crippen LogP contribution in [0.1, 0.15) is 43.0 Å². The van der Waals surface area contributed by atoms with E-state index in [1.54, 1.807) is 6.20 Å². The summed E-state index contributed by atoms with van der Waals surface area (Å²) >= 11 is 0. The Kier molecular flexibility index (Phi) is 8.19. The van der Waals surface area contributed by atoms with E-state index >= 15 is 0 Å². The minimum absolute atomic E-state index is 0.153. The lowest BCUT2D eigenvalue weighted by atomic mass is 9.80. The van der Waals surface area contributed by atoms with Crippen LogP contribution < -0.4 is 9.80 Å². The average Bonchev–Trinajstić information content (AvgIpc) is 2.91. The van der Waals surface area contributed by atoms with Gasteiger partial charge in [-0.25, -0.2) is 13.8 Å². The van der Waals surface area contributed by atoms with Crippen molar-refractivity contribution in [3.63, 3.8) is 0 Å². The average molecular weight is 575 g/mol. The van der Waals surface area contributed by atoms with E-state index in [1.807, 2.05) is 37.3 Å². The molecule has 1 fully saturated rings. The molecule has 0 radical (unpaired) electrons. The maximum Gasteiger partial charge on any atom is 0.416 e. The van der Waals surface area contributed by atoms with Crippen molar-refractivity contribution in [1.29, 1.82) is 0 Å². The molecule has 0 N–H and O–H groups in total. The summed E-state index contributed by atoms with van der Waals surface area (Å²) in [7, 11) is 3.59. The van der Waals surface area contributed by atoms with Crippen molar-refractivity contribution in [1.82, 2.24) is 9.88 Å². The van der Waals surface area contributed by atoms with Crippen LogP contribution in [0, 0.1) is 6.92 Å². The highest BCUT2D eigenvalue weighted by Crippen LogP contribution is 2.40. The number of hydrogen-bond acceptors (Lipinski definition) is 4. The molecule has 0 atom stereocenters. The number of carbonyl (C=O) groups excluding carboxylic acids is 1. The van der Waals surface area contributed by atoms with Gasteiger partial charge in [-0.2, -0.15) is 13.2 Å². The molecule has 1 aliphatic heterocycles. The standard InChI is InChI=1S/C31H35F5N4O/c1-20-9-7-8-10-24(20)25-18-27(40-13-11-38(5)12-14-40)37-19-26(25)39(6)28(41)29(2,3)21-15-22(30(4,32)33)17-23(16-21)31(34,35)36/h7-10,15-19H,11-14H2,1-6H3. The van der Waals surface area contributed by atoms with E-state index < -0.39 is 34.5 Å². The Balaban J connectivity index is 1.79. The predicted octanol–water partition coefficient (Wildman–Crippen LogP) is 6.88. The monoisotopic (exact) mass is 574 g/mol. The normalized spacial score (nSPS) is 15.2. The van der Waals surface area contributed by atoms with E-state index in [9.17, 15) is 26.7 Å². The van der Waals surface area contributed by atoms with Crippen LogP contribution in [0.15, 0.2) is 54.7 Å². The van der Waals surface area contributed by atoms with Gasteiger partial charge in [0.05, 0.1) is 22.9 Å². The molecule has 4 rings (SSSR count). The Hall–Kier alpha value is -3.53. The van der Waals surface area contributed by atoms with Crippen molar-refractivity contribution in [2.24, 2.45) is 0 Å². The lowest BCUT2D eigenvalue weighted by molar-refractivity contribution is -0.138. The Labute approximate surface area is 237 Å². The second-order valence-electron chi connectivity index (χ2n) is 11.3. The Morgan fingerprint density at radius 3 is 2.02 bits per heavy atom. The number of hydrogen-bond donors (Lipinski definition) is 0. The molecule has 2 heterocycles. The van der Waals surface area contributed by atoms with Crippen LogP contribution in [0.3, 0.4) is 0 Å². The molecule has 0 spiro atoms. The molecular formula is C31H35F5N4O. The highest BCUT2D eigenvalue weighted by atomic mass is 19.4. The largest absolute Gasteiger partial charge is 0.416 e. The molecule has 1 aromatic heterocycles. The van der Waals surface area contributed by atoms with Crippen molar-refractivity contribution in [2.45, 2.75) is 45.2 Å². The molecule has 0 aliphatic carbocycles. The summed E-state index contributed by atoms with van der Waals surface area (Å²) in [5.74, 6) is -3.33. The SMILES string of the molecule is Cc1ccccc1-c1cc(N2CCN(C)CC2)ncc1N(C)C(=O)C(C)(C)c1cc(C(C)(F)F)cc(C(F)(F)F)c1. The number of carbonyl (C=O) groups is 1. The van der Waals surface area contributed by atoms with Crippen LogP contribution in [0.5, 0.6) is 0 Å². The number of amides is 1. The van der Waals surface area contributed by atoms with Crippen LogP contribution in [0.2, 0.25) is 0 Å². The van der Waals surface area contributed by atoms with E-state index in [0.29, 0.717) is 18.7 Å². The molecule has 0 saturated carbocycles. The minimum Gasteiger partial charge on any atom is -0.354 e. The number of aryl methyl sites for hydroxylation is 1. The van der Waals surface area contributed by atoms with Gasteiger partial charge in [-0.3, -0.25) is 4.79 Å². The first-order chi connectivity index (χ1) is 19.0. The third-order valence-corrected chi connectivity index (χ3v) is 7.82. The number of halogens is 5. The Morgan fingerprint density at radius 2 is 1.44 bits per heavy atom. The fourth-order valence-corrected chi connectivity index (χ4v) is 5.06. The maximum absolute atomic E-state index is 14.2. The number of nitrogens with zero attached hydrogens (tertiary/aromatic N) is 4. The topological polar surface area (TPSA) is 39.7 Å². The lowest BCUT2D eigenvalue weighted by Crippen LogP contribution is -2.45. The zero-order chi connectivity index (χ0) is 30.3. The first-order valence-electron chi connectivity index (χ1n) is 13.4. The summed E-state index contributed by atoms with van der Waals surface area (Å²) in [5.41, 5.74) is -0.706. The molecule has 41 heavy (non-hydrogen) atoms. The molecule has 0 bridgehead atoms. The van der Waals surface area contributed by atoms with Gasteiger partial charge >= 0.3 is 6.18 Å². The molecule has 5 nitrogen and oxygen atoms in total. The first-order valence-corrected chi connectivity index (χ1v) is 13.4. The number of piperazine rings is 1. The second kappa shape index (κ2) is 11.0. The van der Waals surface area contributed by atoms with E-state index in [1.165, 1.54) is 25.8 Å². The Bertz CT molecular complexity index is 1390. The summed E-state index contributed by atoms with van der Waals surface area (Å²) in [6.07, 6.45) is -3.26. The number of alkyl halides is 5. The van der Waals surface area contributed by atoms with Crippen molar-refractivity contribution >= 4 is 17.4 Å². The number of aromatic nitrogens is 1. The predicted molar refractivity (Wildman–Crippen MR) is 152 cm³/mol. The van der Waals surface area contributed by atoms with Crippen molar-refractivity contribution < 1.29 is 26.7 Å². The molecule has 0 unspecified atom stereocenters. The van der Waals surface area contributed by atoms with Gasteiger partial charge < -0.3 is 14.7 Å². The van der Waals surface area contributed by atoms with Crippen molar-refractivity contribution in [3.8, 4) is 11.1 Å². The van der Waals surface area contributed by atoms with E-state index in [2.05, 4.69) is 21.8 Å². The van der Waals surface area contributed by atoms with Gasteiger partial charge in [0.2, 0.25) is 5.91 Å². The quantitative estimate of drug-likeness (QED) is 0.301. The smallest absolute Gasteiger partial charge is 0.354 e. The third-order valence-electron chi connectivity index (χ3n) is 7.82. The second-order valence-corrected chi connectivity index (χ2v) is 11.3. The van der Waals surface area contributed by atoms with Gasteiger partial charge in [0.25, 0.3) is 5.92 Å². The zero-order valence-corrected chi connectivity index (χ0v) is 24.1. The molecule has 1 saturated heterocycles. The number of likely N-dealkylation sites (N-methyl/N-ethyl adjacent to an activating group) is 2. The van der Waals surface area contributed by atoms with Gasteiger partial charge in [-0.1, -0.05) is 24.3 Å². The van der Waals surface area contributed by atoms with E-state index in [0.717, 1.165) is 60.8 Å². The van der Waals surface area contributed by atoms with Crippen LogP contribution in [0.4, 0.5) is 33.5 Å². The fourth-order valence-electron chi connectivity index (χ4n) is 5.06. The van der Waals surface area contributed by atoms with Crippen LogP contribution in [0.25, 0.3) is 11.1 Å². The third kappa shape index (κ3) is 6.37. The van der Waals surface area contributed by atoms with Crippen LogP contribution >= 0.6 is 0 Å².